The number of nitrogens with one attached hydrogen (secondary N) is 1. The fourth-order valence-electron chi connectivity index (χ4n) is 1.77. The monoisotopic (exact) mass is 443 g/mol. The zero-order valence-electron chi connectivity index (χ0n) is 11.6. The van der Waals surface area contributed by atoms with E-state index < -0.39 is 0 Å². The van der Waals surface area contributed by atoms with Crippen molar-refractivity contribution in [1.82, 2.24) is 0 Å². The van der Waals surface area contributed by atoms with Crippen LogP contribution in [0.3, 0.4) is 0 Å². The molecule has 22 heavy (non-hydrogen) atoms. The summed E-state index contributed by atoms with van der Waals surface area (Å²) in [5, 5.41) is 3.20. The number of ether oxygens (including phenoxy) is 1. The molecule has 0 saturated heterocycles. The molecule has 114 valence electrons. The number of hydrogen-bond donors (Lipinski definition) is 1. The van der Waals surface area contributed by atoms with E-state index in [-0.39, 0.29) is 5.91 Å². The van der Waals surface area contributed by atoms with Gasteiger partial charge in [0.1, 0.15) is 5.75 Å². The highest BCUT2D eigenvalue weighted by molar-refractivity contribution is 9.10. The Hall–Kier alpha value is -1.30. The largest absolute Gasteiger partial charge is 0.496 e. The maximum absolute atomic E-state index is 12.0. The first kappa shape index (κ1) is 17.1. The predicted molar refractivity (Wildman–Crippen MR) is 97.5 cm³/mol. The van der Waals surface area contributed by atoms with E-state index in [0.717, 1.165) is 14.5 Å². The Balaban J connectivity index is 2.13. The molecule has 1 N–H and O–H groups in total. The number of amides is 1. The molecule has 0 fully saturated rings. The van der Waals surface area contributed by atoms with Crippen LogP contribution >= 0.6 is 43.5 Å². The number of anilines is 1. The smallest absolute Gasteiger partial charge is 0.248 e. The van der Waals surface area contributed by atoms with Gasteiger partial charge in [0.15, 0.2) is 0 Å². The zero-order valence-corrected chi connectivity index (χ0v) is 15.5. The van der Waals surface area contributed by atoms with Crippen LogP contribution in [0.15, 0.2) is 51.4 Å². The van der Waals surface area contributed by atoms with Crippen molar-refractivity contribution in [2.24, 2.45) is 0 Å². The highest BCUT2D eigenvalue weighted by Gasteiger charge is 2.05. The Labute approximate surface area is 150 Å². The van der Waals surface area contributed by atoms with Gasteiger partial charge in [0, 0.05) is 20.6 Å². The lowest BCUT2D eigenvalue weighted by Crippen LogP contribution is -2.08. The van der Waals surface area contributed by atoms with Crippen LogP contribution in [0.25, 0.3) is 6.08 Å². The maximum atomic E-state index is 12.0. The van der Waals surface area contributed by atoms with Gasteiger partial charge < -0.3 is 10.1 Å². The first-order valence-corrected chi connectivity index (χ1v) is 8.23. The molecule has 0 atom stereocenters. The van der Waals surface area contributed by atoms with Gasteiger partial charge in [-0.1, -0.05) is 43.5 Å². The molecule has 1 amide bonds. The van der Waals surface area contributed by atoms with Crippen LogP contribution in [0.5, 0.6) is 5.75 Å². The van der Waals surface area contributed by atoms with Crippen LogP contribution in [0.2, 0.25) is 5.02 Å². The van der Waals surface area contributed by atoms with Gasteiger partial charge in [0.05, 0.1) is 17.8 Å². The molecule has 2 aromatic carbocycles. The fourth-order valence-corrected chi connectivity index (χ4v) is 2.87. The average Bonchev–Trinajstić information content (AvgIpc) is 2.48. The highest BCUT2D eigenvalue weighted by atomic mass is 79.9. The summed E-state index contributed by atoms with van der Waals surface area (Å²) in [5.74, 6) is 0.417. The molecule has 2 aromatic rings. The van der Waals surface area contributed by atoms with E-state index in [4.69, 9.17) is 16.3 Å². The van der Waals surface area contributed by atoms with E-state index in [2.05, 4.69) is 37.2 Å². The third-order valence-electron chi connectivity index (χ3n) is 2.80. The number of methoxy groups -OCH3 is 1. The molecule has 2 rings (SSSR count). The Morgan fingerprint density at radius 3 is 2.55 bits per heavy atom. The van der Waals surface area contributed by atoms with Crippen molar-refractivity contribution in [3.63, 3.8) is 0 Å². The van der Waals surface area contributed by atoms with E-state index >= 15 is 0 Å². The van der Waals surface area contributed by atoms with E-state index in [0.29, 0.717) is 16.5 Å². The van der Waals surface area contributed by atoms with Gasteiger partial charge in [-0.05, 0) is 42.5 Å². The van der Waals surface area contributed by atoms with E-state index in [9.17, 15) is 4.79 Å². The molecule has 0 aliphatic rings. The Kier molecular flexibility index (Phi) is 6.06. The molecule has 0 heterocycles. The van der Waals surface area contributed by atoms with Crippen molar-refractivity contribution < 1.29 is 9.53 Å². The summed E-state index contributed by atoms with van der Waals surface area (Å²) in [6.45, 7) is 0. The van der Waals surface area contributed by atoms with Crippen molar-refractivity contribution >= 4 is 61.1 Å². The SMILES string of the molecule is COc1ccc(Br)cc1/C=C/C(=O)Nc1ccc(Br)cc1Cl. The standard InChI is InChI=1S/C16H12Br2ClNO2/c1-22-15-6-4-11(17)8-10(15)2-7-16(21)20-14-5-3-12(18)9-13(14)19/h2-9H,1H3,(H,20,21)/b7-2+. The fraction of sp³-hybridized carbons (Fsp3) is 0.0625. The average molecular weight is 446 g/mol. The van der Waals surface area contributed by atoms with Gasteiger partial charge in [0.25, 0.3) is 0 Å². The number of carbonyl (C=O) groups is 1. The van der Waals surface area contributed by atoms with Gasteiger partial charge in [-0.25, -0.2) is 0 Å². The molecule has 6 heteroatoms. The molecule has 0 bridgehead atoms. The van der Waals surface area contributed by atoms with Crippen LogP contribution in [-0.4, -0.2) is 13.0 Å². The van der Waals surface area contributed by atoms with Crippen molar-refractivity contribution in [1.29, 1.82) is 0 Å². The number of benzene rings is 2. The van der Waals surface area contributed by atoms with Crippen molar-refractivity contribution in [2.45, 2.75) is 0 Å². The normalized spacial score (nSPS) is 10.7. The number of hydrogen-bond acceptors (Lipinski definition) is 2. The Bertz CT molecular complexity index is 732. The Morgan fingerprint density at radius 1 is 1.18 bits per heavy atom. The summed E-state index contributed by atoms with van der Waals surface area (Å²) in [5.41, 5.74) is 1.36. The molecular weight excluding hydrogens is 433 g/mol. The second kappa shape index (κ2) is 7.81. The van der Waals surface area contributed by atoms with E-state index in [1.54, 1.807) is 25.3 Å². The second-order valence-electron chi connectivity index (χ2n) is 4.33. The second-order valence-corrected chi connectivity index (χ2v) is 6.57. The van der Waals surface area contributed by atoms with Crippen LogP contribution < -0.4 is 10.1 Å². The predicted octanol–water partition coefficient (Wildman–Crippen LogP) is 5.53. The summed E-state index contributed by atoms with van der Waals surface area (Å²) in [4.78, 5) is 12.0. The molecular formula is C16H12Br2ClNO2. The minimum atomic E-state index is -0.272. The number of halogens is 3. The lowest BCUT2D eigenvalue weighted by molar-refractivity contribution is -0.111. The van der Waals surface area contributed by atoms with E-state index in [1.165, 1.54) is 6.08 Å². The molecule has 0 aliphatic heterocycles. The summed E-state index contributed by atoms with van der Waals surface area (Å²) < 4.78 is 7.01. The van der Waals surface area contributed by atoms with E-state index in [1.807, 2.05) is 24.3 Å². The molecule has 0 spiro atoms. The van der Waals surface area contributed by atoms with Gasteiger partial charge in [-0.15, -0.1) is 0 Å². The minimum Gasteiger partial charge on any atom is -0.496 e. The topological polar surface area (TPSA) is 38.3 Å². The molecule has 0 radical (unpaired) electrons. The van der Waals surface area contributed by atoms with Crippen LogP contribution in [0.1, 0.15) is 5.56 Å². The lowest BCUT2D eigenvalue weighted by Gasteiger charge is -2.06. The lowest BCUT2D eigenvalue weighted by atomic mass is 10.2. The van der Waals surface area contributed by atoms with Crippen molar-refractivity contribution in [2.75, 3.05) is 12.4 Å². The number of carbonyl (C=O) groups excluding carboxylic acids is 1. The van der Waals surface area contributed by atoms with Crippen LogP contribution in [0.4, 0.5) is 5.69 Å². The molecule has 0 aliphatic carbocycles. The van der Waals surface area contributed by atoms with Gasteiger partial charge in [0.2, 0.25) is 5.91 Å². The maximum Gasteiger partial charge on any atom is 0.248 e. The van der Waals surface area contributed by atoms with Crippen molar-refractivity contribution in [3.05, 3.63) is 62.0 Å². The first-order valence-electron chi connectivity index (χ1n) is 6.27. The summed E-state index contributed by atoms with van der Waals surface area (Å²) in [7, 11) is 1.59. The quantitative estimate of drug-likeness (QED) is 0.629. The molecule has 3 nitrogen and oxygen atoms in total. The van der Waals surface area contributed by atoms with Gasteiger partial charge in [-0.3, -0.25) is 4.79 Å². The molecule has 0 aromatic heterocycles. The van der Waals surface area contributed by atoms with Gasteiger partial charge >= 0.3 is 0 Å². The Morgan fingerprint density at radius 2 is 1.86 bits per heavy atom. The van der Waals surface area contributed by atoms with Crippen LogP contribution in [0, 0.1) is 0 Å². The van der Waals surface area contributed by atoms with Gasteiger partial charge in [-0.2, -0.15) is 0 Å². The highest BCUT2D eigenvalue weighted by Crippen LogP contribution is 2.26. The minimum absolute atomic E-state index is 0.272. The molecule has 0 saturated carbocycles. The third-order valence-corrected chi connectivity index (χ3v) is 4.09. The number of rotatable bonds is 4. The summed E-state index contributed by atoms with van der Waals surface area (Å²) in [6, 6.07) is 10.8. The summed E-state index contributed by atoms with van der Waals surface area (Å²) >= 11 is 12.8. The zero-order chi connectivity index (χ0) is 16.1. The summed E-state index contributed by atoms with van der Waals surface area (Å²) in [6.07, 6.45) is 3.12. The molecule has 0 unspecified atom stereocenters. The first-order chi connectivity index (χ1) is 10.5. The van der Waals surface area contributed by atoms with Crippen molar-refractivity contribution in [3.8, 4) is 5.75 Å². The third kappa shape index (κ3) is 4.60. The van der Waals surface area contributed by atoms with Crippen LogP contribution in [-0.2, 0) is 4.79 Å².